The van der Waals surface area contributed by atoms with E-state index in [9.17, 15) is 0 Å². The number of rotatable bonds is 5. The minimum absolute atomic E-state index is 0.163. The number of nitrogens with zero attached hydrogens (tertiary/aromatic N) is 2. The van der Waals surface area contributed by atoms with Gasteiger partial charge in [-0.15, -0.1) is 0 Å². The summed E-state index contributed by atoms with van der Waals surface area (Å²) in [5.74, 6) is 5.90. The van der Waals surface area contributed by atoms with Crippen LogP contribution < -0.4 is 11.3 Å². The fourth-order valence-corrected chi connectivity index (χ4v) is 3.83. The van der Waals surface area contributed by atoms with Crippen molar-refractivity contribution in [2.75, 3.05) is 0 Å². The van der Waals surface area contributed by atoms with Crippen molar-refractivity contribution >= 4 is 15.9 Å². The van der Waals surface area contributed by atoms with Crippen molar-refractivity contribution in [1.82, 2.24) is 15.2 Å². The van der Waals surface area contributed by atoms with Crippen LogP contribution in [0.5, 0.6) is 0 Å². The summed E-state index contributed by atoms with van der Waals surface area (Å²) in [6.45, 7) is 5.47. The van der Waals surface area contributed by atoms with Crippen LogP contribution in [-0.2, 0) is 6.54 Å². The van der Waals surface area contributed by atoms with Crippen LogP contribution in [0.3, 0.4) is 0 Å². The first-order valence-corrected chi connectivity index (χ1v) is 8.09. The maximum atomic E-state index is 5.90. The smallest absolute Gasteiger partial charge is 0.0714 e. The van der Waals surface area contributed by atoms with E-state index in [0.717, 1.165) is 17.4 Å². The molecule has 19 heavy (non-hydrogen) atoms. The highest BCUT2D eigenvalue weighted by molar-refractivity contribution is 9.10. The number of aromatic nitrogens is 2. The molecule has 4 nitrogen and oxygen atoms in total. The predicted octanol–water partition coefficient (Wildman–Crippen LogP) is 3.53. The normalized spacial score (nSPS) is 20.4. The molecule has 0 bridgehead atoms. The number of nitrogens with two attached hydrogens (primary N) is 1. The quantitative estimate of drug-likeness (QED) is 0.642. The highest BCUT2D eigenvalue weighted by Crippen LogP contribution is 2.46. The summed E-state index contributed by atoms with van der Waals surface area (Å²) < 4.78 is 3.16. The average Bonchev–Trinajstić information content (AvgIpc) is 2.74. The SMILES string of the molecule is CCCn1ncc(Br)c1C(NN)C1(C)CCCCC1. The zero-order valence-electron chi connectivity index (χ0n) is 12.0. The van der Waals surface area contributed by atoms with Gasteiger partial charge in [0.05, 0.1) is 22.4 Å². The molecule has 1 heterocycles. The lowest BCUT2D eigenvalue weighted by molar-refractivity contribution is 0.138. The highest BCUT2D eigenvalue weighted by Gasteiger charge is 2.38. The van der Waals surface area contributed by atoms with Crippen LogP contribution in [-0.4, -0.2) is 9.78 Å². The summed E-state index contributed by atoms with van der Waals surface area (Å²) in [7, 11) is 0. The summed E-state index contributed by atoms with van der Waals surface area (Å²) in [6.07, 6.45) is 9.37. The zero-order valence-corrected chi connectivity index (χ0v) is 13.5. The van der Waals surface area contributed by atoms with Crippen molar-refractivity contribution in [3.05, 3.63) is 16.4 Å². The number of hydrogen-bond donors (Lipinski definition) is 2. The molecule has 1 saturated carbocycles. The zero-order chi connectivity index (χ0) is 13.9. The summed E-state index contributed by atoms with van der Waals surface area (Å²) >= 11 is 3.64. The van der Waals surface area contributed by atoms with Crippen LogP contribution in [0.1, 0.15) is 64.1 Å². The van der Waals surface area contributed by atoms with Gasteiger partial charge in [0.1, 0.15) is 0 Å². The Morgan fingerprint density at radius 1 is 1.47 bits per heavy atom. The van der Waals surface area contributed by atoms with E-state index in [1.165, 1.54) is 37.8 Å². The number of hydrazine groups is 1. The molecule has 0 radical (unpaired) electrons. The standard InChI is InChI=1S/C14H25BrN4/c1-3-9-19-12(11(15)10-17-19)13(18-16)14(2)7-5-4-6-8-14/h10,13,18H,3-9,16H2,1-2H3. The van der Waals surface area contributed by atoms with Crippen molar-refractivity contribution in [3.8, 4) is 0 Å². The number of aryl methyl sites for hydroxylation is 1. The van der Waals surface area contributed by atoms with E-state index in [0.29, 0.717) is 0 Å². The Morgan fingerprint density at radius 2 is 2.16 bits per heavy atom. The Hall–Kier alpha value is -0.390. The van der Waals surface area contributed by atoms with Crippen LogP contribution in [0.25, 0.3) is 0 Å². The van der Waals surface area contributed by atoms with E-state index in [1.807, 2.05) is 6.20 Å². The Balaban J connectivity index is 2.33. The van der Waals surface area contributed by atoms with Gasteiger partial charge in [-0.2, -0.15) is 5.10 Å². The second-order valence-corrected chi connectivity index (χ2v) is 6.77. The molecule has 2 rings (SSSR count). The molecule has 3 N–H and O–H groups in total. The topological polar surface area (TPSA) is 55.9 Å². The average molecular weight is 329 g/mol. The number of nitrogens with one attached hydrogen (secondary N) is 1. The fraction of sp³-hybridized carbons (Fsp3) is 0.786. The van der Waals surface area contributed by atoms with E-state index in [2.05, 4.69) is 45.0 Å². The van der Waals surface area contributed by atoms with Crippen LogP contribution in [0.2, 0.25) is 0 Å². The van der Waals surface area contributed by atoms with Crippen molar-refractivity contribution in [1.29, 1.82) is 0 Å². The lowest BCUT2D eigenvalue weighted by atomic mass is 9.70. The fourth-order valence-electron chi connectivity index (χ4n) is 3.31. The predicted molar refractivity (Wildman–Crippen MR) is 81.5 cm³/mol. The molecule has 0 amide bonds. The van der Waals surface area contributed by atoms with Gasteiger partial charge in [0, 0.05) is 6.54 Å². The molecular formula is C14H25BrN4. The second kappa shape index (κ2) is 6.37. The molecule has 0 aliphatic heterocycles. The maximum Gasteiger partial charge on any atom is 0.0714 e. The van der Waals surface area contributed by atoms with Crippen molar-refractivity contribution in [2.45, 2.75) is 65.0 Å². The first kappa shape index (κ1) is 15.0. The van der Waals surface area contributed by atoms with Gasteiger partial charge in [-0.1, -0.05) is 33.1 Å². The molecule has 1 aliphatic rings. The van der Waals surface area contributed by atoms with Crippen molar-refractivity contribution in [2.24, 2.45) is 11.3 Å². The van der Waals surface area contributed by atoms with Gasteiger partial charge >= 0.3 is 0 Å². The molecule has 108 valence electrons. The molecule has 1 fully saturated rings. The molecule has 0 aromatic carbocycles. The minimum atomic E-state index is 0.163. The number of hydrogen-bond acceptors (Lipinski definition) is 3. The van der Waals surface area contributed by atoms with E-state index in [-0.39, 0.29) is 11.5 Å². The molecule has 1 aliphatic carbocycles. The molecule has 1 aromatic rings. The third-order valence-corrected chi connectivity index (χ3v) is 5.01. The third-order valence-electron chi connectivity index (χ3n) is 4.40. The third kappa shape index (κ3) is 3.03. The van der Waals surface area contributed by atoms with Gasteiger partial charge < -0.3 is 0 Å². The molecule has 5 heteroatoms. The molecule has 1 aromatic heterocycles. The van der Waals surface area contributed by atoms with Crippen LogP contribution in [0, 0.1) is 5.41 Å². The summed E-state index contributed by atoms with van der Waals surface area (Å²) in [5, 5.41) is 4.47. The summed E-state index contributed by atoms with van der Waals surface area (Å²) in [5.41, 5.74) is 4.49. The van der Waals surface area contributed by atoms with Crippen molar-refractivity contribution < 1.29 is 0 Å². The van der Waals surface area contributed by atoms with Crippen LogP contribution >= 0.6 is 15.9 Å². The minimum Gasteiger partial charge on any atom is -0.271 e. The molecule has 1 unspecified atom stereocenters. The maximum absolute atomic E-state index is 5.90. The van der Waals surface area contributed by atoms with Crippen molar-refractivity contribution in [3.63, 3.8) is 0 Å². The molecule has 0 saturated heterocycles. The lowest BCUT2D eigenvalue weighted by Crippen LogP contribution is -2.42. The number of halogens is 1. The van der Waals surface area contributed by atoms with E-state index in [1.54, 1.807) is 0 Å². The Morgan fingerprint density at radius 3 is 2.74 bits per heavy atom. The van der Waals surface area contributed by atoms with Gasteiger partial charge in [0.2, 0.25) is 0 Å². The highest BCUT2D eigenvalue weighted by atomic mass is 79.9. The Bertz CT molecular complexity index is 410. The summed E-state index contributed by atoms with van der Waals surface area (Å²) in [4.78, 5) is 0. The summed E-state index contributed by atoms with van der Waals surface area (Å²) in [6, 6.07) is 0.163. The molecule has 1 atom stereocenters. The van der Waals surface area contributed by atoms with E-state index >= 15 is 0 Å². The van der Waals surface area contributed by atoms with E-state index < -0.39 is 0 Å². The van der Waals surface area contributed by atoms with Gasteiger partial charge in [0.25, 0.3) is 0 Å². The van der Waals surface area contributed by atoms with Crippen LogP contribution in [0.4, 0.5) is 0 Å². The van der Waals surface area contributed by atoms with Gasteiger partial charge in [-0.25, -0.2) is 0 Å². The Labute approximate surface area is 124 Å². The monoisotopic (exact) mass is 328 g/mol. The second-order valence-electron chi connectivity index (χ2n) is 5.92. The molecular weight excluding hydrogens is 304 g/mol. The molecule has 0 spiro atoms. The Kier molecular flexibility index (Phi) is 5.03. The van der Waals surface area contributed by atoms with Crippen LogP contribution in [0.15, 0.2) is 10.7 Å². The first-order chi connectivity index (χ1) is 9.12. The first-order valence-electron chi connectivity index (χ1n) is 7.29. The largest absolute Gasteiger partial charge is 0.271 e. The van der Waals surface area contributed by atoms with Gasteiger partial charge in [-0.05, 0) is 40.6 Å². The van der Waals surface area contributed by atoms with E-state index in [4.69, 9.17) is 5.84 Å². The van der Waals surface area contributed by atoms with Gasteiger partial charge in [-0.3, -0.25) is 16.0 Å². The lowest BCUT2D eigenvalue weighted by Gasteiger charge is -2.40. The van der Waals surface area contributed by atoms with Gasteiger partial charge in [0.15, 0.2) is 0 Å².